The normalized spacial score (nSPS) is 26.6. The van der Waals surface area contributed by atoms with Crippen LogP contribution in [0.4, 0.5) is 10.1 Å². The Labute approximate surface area is 252 Å². The van der Waals surface area contributed by atoms with Gasteiger partial charge in [-0.15, -0.1) is 0 Å². The molecular formula is C33H43FN6O3. The Morgan fingerprint density at radius 1 is 1.21 bits per heavy atom. The fraction of sp³-hybridized carbons (Fsp3) is 0.545. The number of benzene rings is 2. The maximum Gasteiger partial charge on any atom is 0.261 e. The van der Waals surface area contributed by atoms with Crippen molar-refractivity contribution in [1.29, 1.82) is 0 Å². The topological polar surface area (TPSA) is 93.0 Å². The SMILES string of the molecule is COc1ccc(OCc2nc3cc(NC(=N[C@H]4C[C@H]5C[C@@H]([C@@H]4C)C5(C)C)N4CCN[C@@H](C)C4)ccc3c(=O)n2C)c(F)c1. The summed E-state index contributed by atoms with van der Waals surface area (Å²) in [6.07, 6.45) is 2.43. The van der Waals surface area contributed by atoms with Crippen LogP contribution in [-0.4, -0.2) is 59.2 Å². The molecule has 3 saturated carbocycles. The van der Waals surface area contributed by atoms with Crippen LogP contribution in [0.25, 0.3) is 10.9 Å². The molecular weight excluding hydrogens is 547 g/mol. The minimum Gasteiger partial charge on any atom is -0.497 e. The average molecular weight is 591 g/mol. The molecule has 7 rings (SSSR count). The van der Waals surface area contributed by atoms with Crippen molar-refractivity contribution in [3.05, 3.63) is 58.4 Å². The van der Waals surface area contributed by atoms with Crippen molar-refractivity contribution in [2.24, 2.45) is 35.2 Å². The van der Waals surface area contributed by atoms with Crippen LogP contribution >= 0.6 is 0 Å². The number of halogens is 1. The first-order valence-electron chi connectivity index (χ1n) is 15.3. The molecule has 1 aromatic heterocycles. The molecule has 2 heterocycles. The van der Waals surface area contributed by atoms with Gasteiger partial charge in [-0.2, -0.15) is 0 Å². The summed E-state index contributed by atoms with van der Waals surface area (Å²) in [6, 6.07) is 10.6. The first kappa shape index (κ1) is 29.4. The standard InChI is InChI=1S/C33H43FN6O3/c1-19-17-40(12-11-35-19)32(38-27-14-21-13-25(20(27)2)33(21,3)4)36-22-7-9-24-28(15-22)37-30(39(5)31(24)41)18-43-29-10-8-23(42-6)16-26(29)34/h7-10,15-16,19-21,25,27,35H,11-14,17-18H2,1-6H3,(H,36,38)/t19-,20-,21+,25-,27-/m0/s1. The van der Waals surface area contributed by atoms with Crippen molar-refractivity contribution in [3.8, 4) is 11.5 Å². The number of rotatable bonds is 6. The Morgan fingerprint density at radius 3 is 2.72 bits per heavy atom. The van der Waals surface area contributed by atoms with E-state index in [0.717, 1.165) is 43.6 Å². The van der Waals surface area contributed by atoms with E-state index in [2.05, 4.69) is 43.2 Å². The molecule has 10 heteroatoms. The van der Waals surface area contributed by atoms with Crippen molar-refractivity contribution < 1.29 is 13.9 Å². The van der Waals surface area contributed by atoms with Crippen LogP contribution in [0.3, 0.4) is 0 Å². The van der Waals surface area contributed by atoms with E-state index in [9.17, 15) is 9.18 Å². The molecule has 4 aliphatic rings. The number of nitrogens with zero attached hydrogens (tertiary/aromatic N) is 4. The van der Waals surface area contributed by atoms with Crippen molar-refractivity contribution in [1.82, 2.24) is 19.8 Å². The van der Waals surface area contributed by atoms with E-state index in [0.29, 0.717) is 45.8 Å². The van der Waals surface area contributed by atoms with Crippen molar-refractivity contribution >= 4 is 22.5 Å². The van der Waals surface area contributed by atoms with Crippen molar-refractivity contribution in [2.45, 2.75) is 59.2 Å². The van der Waals surface area contributed by atoms with Gasteiger partial charge in [-0.3, -0.25) is 9.36 Å². The van der Waals surface area contributed by atoms with Gasteiger partial charge in [0.1, 0.15) is 18.2 Å². The Balaban J connectivity index is 1.28. The largest absolute Gasteiger partial charge is 0.497 e. The number of fused-ring (bicyclic) bond motifs is 3. The fourth-order valence-corrected chi connectivity index (χ4v) is 7.29. The highest BCUT2D eigenvalue weighted by Gasteiger charge is 2.56. The molecule has 2 bridgehead atoms. The maximum atomic E-state index is 14.5. The minimum atomic E-state index is -0.543. The average Bonchev–Trinajstić information content (AvgIpc) is 2.98. The predicted octanol–water partition coefficient (Wildman–Crippen LogP) is 4.79. The molecule has 2 aromatic carbocycles. The highest BCUT2D eigenvalue weighted by molar-refractivity contribution is 5.96. The molecule has 3 aromatic rings. The lowest BCUT2D eigenvalue weighted by Gasteiger charge is -2.61. The first-order valence-corrected chi connectivity index (χ1v) is 15.3. The zero-order valence-electron chi connectivity index (χ0n) is 26.0. The molecule has 0 unspecified atom stereocenters. The van der Waals surface area contributed by atoms with E-state index >= 15 is 0 Å². The van der Waals surface area contributed by atoms with Gasteiger partial charge in [-0.05, 0) is 73.3 Å². The van der Waals surface area contributed by atoms with Gasteiger partial charge in [-0.25, -0.2) is 14.4 Å². The number of methoxy groups -OCH3 is 1. The van der Waals surface area contributed by atoms with Gasteiger partial charge in [0.2, 0.25) is 0 Å². The van der Waals surface area contributed by atoms with Crippen LogP contribution in [0.5, 0.6) is 11.5 Å². The van der Waals surface area contributed by atoms with Gasteiger partial charge < -0.3 is 25.0 Å². The zero-order chi connectivity index (χ0) is 30.5. The minimum absolute atomic E-state index is 0.0633. The second kappa shape index (κ2) is 11.4. The lowest BCUT2D eigenvalue weighted by molar-refractivity contribution is -0.108. The molecule has 1 aliphatic heterocycles. The van der Waals surface area contributed by atoms with Crippen molar-refractivity contribution in [3.63, 3.8) is 0 Å². The predicted molar refractivity (Wildman–Crippen MR) is 167 cm³/mol. The summed E-state index contributed by atoms with van der Waals surface area (Å²) in [7, 11) is 3.13. The van der Waals surface area contributed by atoms with Crippen LogP contribution in [0, 0.1) is 29.0 Å². The summed E-state index contributed by atoms with van der Waals surface area (Å²) in [5, 5.41) is 7.65. The molecule has 0 spiro atoms. The Bertz CT molecular complexity index is 1600. The molecule has 0 amide bonds. The maximum absolute atomic E-state index is 14.5. The van der Waals surface area contributed by atoms with Gasteiger partial charge in [0.15, 0.2) is 17.5 Å². The van der Waals surface area contributed by atoms with E-state index in [1.54, 1.807) is 19.2 Å². The summed E-state index contributed by atoms with van der Waals surface area (Å²) in [4.78, 5) is 25.7. The Morgan fingerprint density at radius 2 is 2.02 bits per heavy atom. The van der Waals surface area contributed by atoms with Gasteiger partial charge in [0.25, 0.3) is 5.56 Å². The molecule has 0 radical (unpaired) electrons. The second-order valence-corrected chi connectivity index (χ2v) is 13.1. The van der Waals surface area contributed by atoms with Crippen LogP contribution < -0.4 is 25.7 Å². The van der Waals surface area contributed by atoms with Crippen LogP contribution in [-0.2, 0) is 13.7 Å². The molecule has 230 valence electrons. The molecule has 9 nitrogen and oxygen atoms in total. The third-order valence-electron chi connectivity index (χ3n) is 10.2. The monoisotopic (exact) mass is 590 g/mol. The van der Waals surface area contributed by atoms with E-state index < -0.39 is 5.82 Å². The molecule has 3 aliphatic carbocycles. The van der Waals surface area contributed by atoms with E-state index in [1.165, 1.54) is 30.2 Å². The lowest BCUT2D eigenvalue weighted by atomic mass is 9.45. The van der Waals surface area contributed by atoms with Crippen LogP contribution in [0.2, 0.25) is 0 Å². The summed E-state index contributed by atoms with van der Waals surface area (Å²) >= 11 is 0. The van der Waals surface area contributed by atoms with Gasteiger partial charge >= 0.3 is 0 Å². The third-order valence-corrected chi connectivity index (χ3v) is 10.2. The zero-order valence-corrected chi connectivity index (χ0v) is 26.0. The lowest BCUT2D eigenvalue weighted by Crippen LogP contribution is -2.57. The number of guanidine groups is 1. The highest BCUT2D eigenvalue weighted by atomic mass is 19.1. The number of nitrogens with one attached hydrogen (secondary N) is 2. The number of aliphatic imine (C=N–C) groups is 1. The second-order valence-electron chi connectivity index (χ2n) is 13.1. The van der Waals surface area contributed by atoms with Gasteiger partial charge in [0, 0.05) is 44.5 Å². The van der Waals surface area contributed by atoms with Gasteiger partial charge in [0.05, 0.1) is 24.1 Å². The molecule has 1 saturated heterocycles. The first-order chi connectivity index (χ1) is 20.5. The van der Waals surface area contributed by atoms with Crippen LogP contribution in [0.15, 0.2) is 46.2 Å². The van der Waals surface area contributed by atoms with E-state index in [4.69, 9.17) is 19.5 Å². The number of hydrogen-bond acceptors (Lipinski definition) is 6. The fourth-order valence-electron chi connectivity index (χ4n) is 7.29. The molecule has 4 fully saturated rings. The number of anilines is 1. The van der Waals surface area contributed by atoms with E-state index in [1.807, 2.05) is 12.1 Å². The third kappa shape index (κ3) is 5.57. The number of piperazine rings is 1. The molecule has 2 N–H and O–H groups in total. The Hall–Kier alpha value is -3.66. The van der Waals surface area contributed by atoms with Crippen LogP contribution in [0.1, 0.15) is 46.4 Å². The summed E-state index contributed by atoms with van der Waals surface area (Å²) < 4.78 is 26.7. The molecule has 43 heavy (non-hydrogen) atoms. The van der Waals surface area contributed by atoms with Crippen molar-refractivity contribution in [2.75, 3.05) is 32.1 Å². The van der Waals surface area contributed by atoms with Gasteiger partial charge in [-0.1, -0.05) is 20.8 Å². The number of aromatic nitrogens is 2. The summed E-state index contributed by atoms with van der Waals surface area (Å²) in [6.45, 7) is 12.0. The van der Waals surface area contributed by atoms with E-state index in [-0.39, 0.29) is 24.0 Å². The number of hydrogen-bond donors (Lipinski definition) is 2. The highest BCUT2D eigenvalue weighted by Crippen LogP contribution is 2.61. The number of ether oxygens (including phenoxy) is 2. The quantitative estimate of drug-likeness (QED) is 0.315. The summed E-state index contributed by atoms with van der Waals surface area (Å²) in [5.41, 5.74) is 1.58. The molecule has 5 atom stereocenters. The summed E-state index contributed by atoms with van der Waals surface area (Å²) in [5.74, 6) is 3.15. The smallest absolute Gasteiger partial charge is 0.261 e. The Kier molecular flexibility index (Phi) is 7.83.